The fourth-order valence-corrected chi connectivity index (χ4v) is 2.35. The van der Waals surface area contributed by atoms with Crippen molar-refractivity contribution in [1.29, 1.82) is 0 Å². The predicted molar refractivity (Wildman–Crippen MR) is 101 cm³/mol. The minimum absolute atomic E-state index is 0.178. The van der Waals surface area contributed by atoms with Crippen LogP contribution >= 0.6 is 0 Å². The summed E-state index contributed by atoms with van der Waals surface area (Å²) in [6.07, 6.45) is 0.243. The third-order valence-corrected chi connectivity index (χ3v) is 3.31. The maximum absolute atomic E-state index is 12.7. The predicted octanol–water partition coefficient (Wildman–Crippen LogP) is 3.02. The molecule has 0 unspecified atom stereocenters. The standard InChI is InChI=1S/C19H36N2O5/c1-9-25-18(24)21-14(10-12(2)3)16(22)20-15(11-13(4)5)17(23)26-19(6,7)8/h12-15H,9-11H2,1-8H3,(H,20,22)(H,21,24)/t14-,15+/m1/s1. The first kappa shape index (κ1) is 24.2. The molecule has 0 spiro atoms. The van der Waals surface area contributed by atoms with Crippen molar-refractivity contribution in [2.45, 2.75) is 85.9 Å². The van der Waals surface area contributed by atoms with E-state index in [0.29, 0.717) is 12.8 Å². The van der Waals surface area contributed by atoms with Gasteiger partial charge in [0.1, 0.15) is 17.7 Å². The molecule has 152 valence electrons. The normalized spacial score (nSPS) is 13.9. The molecule has 0 aliphatic rings. The van der Waals surface area contributed by atoms with Gasteiger partial charge in [0, 0.05) is 0 Å². The maximum Gasteiger partial charge on any atom is 0.407 e. The number of amides is 2. The molecule has 26 heavy (non-hydrogen) atoms. The van der Waals surface area contributed by atoms with Gasteiger partial charge in [0.25, 0.3) is 0 Å². The van der Waals surface area contributed by atoms with E-state index in [-0.39, 0.29) is 18.4 Å². The molecule has 2 atom stereocenters. The summed E-state index contributed by atoms with van der Waals surface area (Å²) in [5.41, 5.74) is -0.641. The van der Waals surface area contributed by atoms with Gasteiger partial charge in [-0.3, -0.25) is 4.79 Å². The summed E-state index contributed by atoms with van der Waals surface area (Å²) < 4.78 is 10.3. The molecule has 2 amide bonds. The first-order valence-corrected chi connectivity index (χ1v) is 9.32. The Bertz CT molecular complexity index is 469. The third-order valence-electron chi connectivity index (χ3n) is 3.31. The van der Waals surface area contributed by atoms with Crippen molar-refractivity contribution in [2.75, 3.05) is 6.61 Å². The molecule has 0 aromatic heterocycles. The molecular formula is C19H36N2O5. The Hall–Kier alpha value is -1.79. The van der Waals surface area contributed by atoms with E-state index in [4.69, 9.17) is 9.47 Å². The van der Waals surface area contributed by atoms with E-state index in [1.54, 1.807) is 27.7 Å². The topological polar surface area (TPSA) is 93.7 Å². The van der Waals surface area contributed by atoms with Gasteiger partial charge >= 0.3 is 12.1 Å². The van der Waals surface area contributed by atoms with E-state index in [1.165, 1.54) is 0 Å². The molecule has 0 heterocycles. The molecule has 7 nitrogen and oxygen atoms in total. The van der Waals surface area contributed by atoms with Gasteiger partial charge in [-0.25, -0.2) is 9.59 Å². The largest absolute Gasteiger partial charge is 0.458 e. The van der Waals surface area contributed by atoms with Crippen molar-refractivity contribution in [3.8, 4) is 0 Å². The van der Waals surface area contributed by atoms with Gasteiger partial charge in [-0.2, -0.15) is 0 Å². The van der Waals surface area contributed by atoms with Gasteiger partial charge in [-0.1, -0.05) is 27.7 Å². The van der Waals surface area contributed by atoms with Crippen LogP contribution in [0.5, 0.6) is 0 Å². The highest BCUT2D eigenvalue weighted by Gasteiger charge is 2.30. The van der Waals surface area contributed by atoms with Crippen LogP contribution < -0.4 is 10.6 Å². The number of rotatable bonds is 9. The summed E-state index contributed by atoms with van der Waals surface area (Å²) >= 11 is 0. The summed E-state index contributed by atoms with van der Waals surface area (Å²) in [7, 11) is 0. The number of esters is 1. The van der Waals surface area contributed by atoms with Crippen molar-refractivity contribution in [3.63, 3.8) is 0 Å². The number of ether oxygens (including phenoxy) is 2. The van der Waals surface area contributed by atoms with Crippen molar-refractivity contribution in [1.82, 2.24) is 10.6 Å². The van der Waals surface area contributed by atoms with Crippen LogP contribution in [-0.2, 0) is 19.1 Å². The Labute approximate surface area is 157 Å². The summed E-state index contributed by atoms with van der Waals surface area (Å²) in [5, 5.41) is 5.31. The number of alkyl carbamates (subject to hydrolysis) is 1. The number of hydrogen-bond donors (Lipinski definition) is 2. The fourth-order valence-electron chi connectivity index (χ4n) is 2.35. The second-order valence-electron chi connectivity index (χ2n) is 8.27. The average molecular weight is 373 g/mol. The molecular weight excluding hydrogens is 336 g/mol. The highest BCUT2D eigenvalue weighted by molar-refractivity contribution is 5.89. The van der Waals surface area contributed by atoms with Crippen molar-refractivity contribution >= 4 is 18.0 Å². The summed E-state index contributed by atoms with van der Waals surface area (Å²) in [4.78, 5) is 36.9. The van der Waals surface area contributed by atoms with E-state index in [9.17, 15) is 14.4 Å². The van der Waals surface area contributed by atoms with Crippen molar-refractivity contribution in [2.24, 2.45) is 11.8 Å². The lowest BCUT2D eigenvalue weighted by Crippen LogP contribution is -2.53. The summed E-state index contributed by atoms with van der Waals surface area (Å²) in [5.74, 6) is -0.519. The van der Waals surface area contributed by atoms with E-state index in [1.807, 2.05) is 27.7 Å². The summed E-state index contributed by atoms with van der Waals surface area (Å²) in [6, 6.07) is -1.54. The minimum atomic E-state index is -0.772. The lowest BCUT2D eigenvalue weighted by molar-refractivity contribution is -0.159. The molecule has 0 saturated heterocycles. The zero-order valence-corrected chi connectivity index (χ0v) is 17.5. The monoisotopic (exact) mass is 372 g/mol. The molecule has 0 bridgehead atoms. The summed E-state index contributed by atoms with van der Waals surface area (Å²) in [6.45, 7) is 15.1. The Kier molecular flexibility index (Phi) is 10.3. The fraction of sp³-hybridized carbons (Fsp3) is 0.842. The van der Waals surface area contributed by atoms with Crippen LogP contribution in [0.15, 0.2) is 0 Å². The SMILES string of the molecule is CCOC(=O)N[C@H](CC(C)C)C(=O)N[C@@H](CC(C)C)C(=O)OC(C)(C)C. The van der Waals surface area contributed by atoms with E-state index in [0.717, 1.165) is 0 Å². The van der Waals surface area contributed by atoms with Crippen LogP contribution in [-0.4, -0.2) is 42.3 Å². The second-order valence-corrected chi connectivity index (χ2v) is 8.27. The van der Waals surface area contributed by atoms with Gasteiger partial charge in [0.15, 0.2) is 0 Å². The van der Waals surface area contributed by atoms with Crippen LogP contribution in [0.3, 0.4) is 0 Å². The minimum Gasteiger partial charge on any atom is -0.458 e. The number of carbonyl (C=O) groups is 3. The third kappa shape index (κ3) is 10.9. The van der Waals surface area contributed by atoms with Crippen molar-refractivity contribution < 1.29 is 23.9 Å². The lowest BCUT2D eigenvalue weighted by atomic mass is 10.0. The first-order chi connectivity index (χ1) is 11.9. The van der Waals surface area contributed by atoms with E-state index < -0.39 is 35.7 Å². The molecule has 0 radical (unpaired) electrons. The molecule has 2 N–H and O–H groups in total. The van der Waals surface area contributed by atoms with E-state index in [2.05, 4.69) is 10.6 Å². The Morgan fingerprint density at radius 2 is 1.38 bits per heavy atom. The van der Waals surface area contributed by atoms with Crippen LogP contribution in [0.25, 0.3) is 0 Å². The van der Waals surface area contributed by atoms with E-state index >= 15 is 0 Å². The zero-order valence-electron chi connectivity index (χ0n) is 17.5. The zero-order chi connectivity index (χ0) is 20.5. The highest BCUT2D eigenvalue weighted by atomic mass is 16.6. The number of nitrogens with one attached hydrogen (secondary N) is 2. The quantitative estimate of drug-likeness (QED) is 0.607. The molecule has 0 aliphatic carbocycles. The highest BCUT2D eigenvalue weighted by Crippen LogP contribution is 2.14. The van der Waals surface area contributed by atoms with Crippen LogP contribution in [0.1, 0.15) is 68.2 Å². The van der Waals surface area contributed by atoms with Crippen LogP contribution in [0, 0.1) is 11.8 Å². The molecule has 0 aliphatic heterocycles. The molecule has 7 heteroatoms. The molecule has 0 saturated carbocycles. The van der Waals surface area contributed by atoms with Gasteiger partial charge in [0.05, 0.1) is 6.61 Å². The lowest BCUT2D eigenvalue weighted by Gasteiger charge is -2.27. The van der Waals surface area contributed by atoms with Gasteiger partial charge in [0.2, 0.25) is 5.91 Å². The number of carbonyl (C=O) groups excluding carboxylic acids is 3. The van der Waals surface area contributed by atoms with Gasteiger partial charge in [-0.05, 0) is 52.4 Å². The van der Waals surface area contributed by atoms with Crippen LogP contribution in [0.4, 0.5) is 4.79 Å². The molecule has 0 aromatic rings. The average Bonchev–Trinajstić information content (AvgIpc) is 2.43. The van der Waals surface area contributed by atoms with Gasteiger partial charge in [-0.15, -0.1) is 0 Å². The Balaban J connectivity index is 5.18. The van der Waals surface area contributed by atoms with Crippen LogP contribution in [0.2, 0.25) is 0 Å². The Morgan fingerprint density at radius 3 is 1.81 bits per heavy atom. The molecule has 0 fully saturated rings. The smallest absolute Gasteiger partial charge is 0.407 e. The van der Waals surface area contributed by atoms with Crippen molar-refractivity contribution in [3.05, 3.63) is 0 Å². The Morgan fingerprint density at radius 1 is 0.885 bits per heavy atom. The van der Waals surface area contributed by atoms with Gasteiger partial charge < -0.3 is 20.1 Å². The number of hydrogen-bond acceptors (Lipinski definition) is 5. The second kappa shape index (κ2) is 11.0. The maximum atomic E-state index is 12.7. The first-order valence-electron chi connectivity index (χ1n) is 9.32. The molecule has 0 aromatic carbocycles. The molecule has 0 rings (SSSR count).